The SMILES string of the molecule is CC12CC3CC(C)(C1)CC(NC(=O)C[C@@H]([O-])C[N+](C)(C)C)(C3)C2.Cl. The molecule has 0 heterocycles. The Morgan fingerprint density at radius 1 is 1.12 bits per heavy atom. The van der Waals surface area contributed by atoms with Gasteiger partial charge in [0, 0.05) is 12.0 Å². The predicted octanol–water partition coefficient (Wildman–Crippen LogP) is 2.10. The molecule has 140 valence electrons. The molecule has 4 aliphatic rings. The number of hydrogen-bond acceptors (Lipinski definition) is 2. The van der Waals surface area contributed by atoms with Gasteiger partial charge in [-0.15, -0.1) is 12.4 Å². The fraction of sp³-hybridized carbons (Fsp3) is 0.947. The average Bonchev–Trinajstić information content (AvgIpc) is 2.17. The van der Waals surface area contributed by atoms with Gasteiger partial charge in [-0.2, -0.15) is 0 Å². The van der Waals surface area contributed by atoms with Gasteiger partial charge in [0.25, 0.3) is 0 Å². The summed E-state index contributed by atoms with van der Waals surface area (Å²) in [5.74, 6) is 0.739. The fourth-order valence-electron chi connectivity index (χ4n) is 6.82. The van der Waals surface area contributed by atoms with Crippen LogP contribution in [0.1, 0.15) is 58.8 Å². The van der Waals surface area contributed by atoms with Crippen LogP contribution >= 0.6 is 12.4 Å². The summed E-state index contributed by atoms with van der Waals surface area (Å²) < 4.78 is 0.616. The van der Waals surface area contributed by atoms with E-state index >= 15 is 0 Å². The van der Waals surface area contributed by atoms with Crippen LogP contribution < -0.4 is 10.4 Å². The molecule has 0 aliphatic heterocycles. The summed E-state index contributed by atoms with van der Waals surface area (Å²) in [6.07, 6.45) is 6.61. The van der Waals surface area contributed by atoms with Gasteiger partial charge in [-0.3, -0.25) is 4.79 Å². The van der Waals surface area contributed by atoms with Crippen molar-refractivity contribution in [2.24, 2.45) is 16.7 Å². The number of likely N-dealkylation sites (N-methyl/N-ethyl adjacent to an activating group) is 1. The van der Waals surface area contributed by atoms with Crippen LogP contribution in [0.2, 0.25) is 0 Å². The van der Waals surface area contributed by atoms with Crippen molar-refractivity contribution in [1.29, 1.82) is 0 Å². The normalized spacial score (nSPS) is 41.7. The molecule has 0 aromatic carbocycles. The maximum Gasteiger partial charge on any atom is 0.219 e. The monoisotopic (exact) mass is 358 g/mol. The van der Waals surface area contributed by atoms with Crippen LogP contribution in [0.4, 0.5) is 0 Å². The number of hydrogen-bond donors (Lipinski definition) is 1. The van der Waals surface area contributed by atoms with E-state index in [0.717, 1.165) is 25.2 Å². The summed E-state index contributed by atoms with van der Waals surface area (Å²) >= 11 is 0. The van der Waals surface area contributed by atoms with E-state index in [1.807, 2.05) is 21.1 Å². The molecule has 4 fully saturated rings. The lowest BCUT2D eigenvalue weighted by Gasteiger charge is -2.65. The van der Waals surface area contributed by atoms with E-state index < -0.39 is 6.10 Å². The van der Waals surface area contributed by atoms with Crippen molar-refractivity contribution in [2.45, 2.75) is 70.4 Å². The number of carbonyl (C=O) groups excluding carboxylic acids is 1. The zero-order valence-corrected chi connectivity index (χ0v) is 16.8. The van der Waals surface area contributed by atoms with Gasteiger partial charge in [-0.25, -0.2) is 0 Å². The van der Waals surface area contributed by atoms with E-state index in [1.165, 1.54) is 19.3 Å². The largest absolute Gasteiger partial charge is 0.848 e. The molecule has 4 aliphatic carbocycles. The Balaban J connectivity index is 0.00000208. The van der Waals surface area contributed by atoms with E-state index in [2.05, 4.69) is 19.2 Å². The second kappa shape index (κ2) is 6.14. The van der Waals surface area contributed by atoms with Crippen molar-refractivity contribution in [1.82, 2.24) is 5.32 Å². The lowest BCUT2D eigenvalue weighted by Crippen LogP contribution is -2.65. The predicted molar refractivity (Wildman–Crippen MR) is 96.8 cm³/mol. The Morgan fingerprint density at radius 3 is 2.12 bits per heavy atom. The quantitative estimate of drug-likeness (QED) is 0.765. The van der Waals surface area contributed by atoms with Gasteiger partial charge >= 0.3 is 0 Å². The van der Waals surface area contributed by atoms with E-state index in [4.69, 9.17) is 0 Å². The number of amides is 1. The lowest BCUT2D eigenvalue weighted by molar-refractivity contribution is -0.880. The van der Waals surface area contributed by atoms with E-state index in [9.17, 15) is 9.90 Å². The molecule has 2 unspecified atom stereocenters. The first-order valence-electron chi connectivity index (χ1n) is 9.17. The van der Waals surface area contributed by atoms with Gasteiger partial charge < -0.3 is 14.9 Å². The van der Waals surface area contributed by atoms with E-state index in [1.54, 1.807) is 0 Å². The highest BCUT2D eigenvalue weighted by atomic mass is 35.5. The maximum atomic E-state index is 12.5. The van der Waals surface area contributed by atoms with Crippen LogP contribution in [0, 0.1) is 16.7 Å². The number of rotatable bonds is 5. The molecular formula is C19H35ClN2O2. The van der Waals surface area contributed by atoms with Gasteiger partial charge in [-0.1, -0.05) is 20.0 Å². The van der Waals surface area contributed by atoms with Gasteiger partial charge in [0.2, 0.25) is 5.91 Å². The van der Waals surface area contributed by atoms with Crippen molar-refractivity contribution >= 4 is 18.3 Å². The van der Waals surface area contributed by atoms with Gasteiger partial charge in [-0.05, 0) is 55.3 Å². The molecule has 0 saturated heterocycles. The molecule has 4 rings (SSSR count). The maximum absolute atomic E-state index is 12.5. The molecule has 4 nitrogen and oxygen atoms in total. The first-order chi connectivity index (χ1) is 10.4. The molecule has 0 aromatic heterocycles. The fourth-order valence-corrected chi connectivity index (χ4v) is 6.82. The average molecular weight is 359 g/mol. The topological polar surface area (TPSA) is 52.2 Å². The van der Waals surface area contributed by atoms with E-state index in [0.29, 0.717) is 21.9 Å². The van der Waals surface area contributed by atoms with Gasteiger partial charge in [0.05, 0.1) is 27.7 Å². The van der Waals surface area contributed by atoms with Gasteiger partial charge in [0.15, 0.2) is 0 Å². The molecule has 5 heteroatoms. The molecule has 1 N–H and O–H groups in total. The Kier molecular flexibility index (Phi) is 5.11. The minimum absolute atomic E-state index is 0. The third kappa shape index (κ3) is 4.25. The highest BCUT2D eigenvalue weighted by Gasteiger charge is 2.60. The van der Waals surface area contributed by atoms with Crippen LogP contribution in [0.15, 0.2) is 0 Å². The lowest BCUT2D eigenvalue weighted by atomic mass is 9.43. The zero-order chi connectivity index (χ0) is 17.1. The second-order valence-electron chi connectivity index (χ2n) is 10.8. The first-order valence-corrected chi connectivity index (χ1v) is 9.17. The van der Waals surface area contributed by atoms with Crippen LogP contribution in [0.25, 0.3) is 0 Å². The number of quaternary nitrogens is 1. The standard InChI is InChI=1S/C19H34N2O2.ClH/c1-17-7-14-8-18(2,11-17)13-19(9-14,12-17)20-16(23)6-15(22)10-21(3,4)5;/h14-15H,6-13H2,1-5H3,(H,20,23);1H/t14?,15-,17?,18?,19?;/m1./s1. The summed E-state index contributed by atoms with van der Waals surface area (Å²) in [5, 5.41) is 15.5. The Morgan fingerprint density at radius 2 is 1.67 bits per heavy atom. The first kappa shape index (κ1) is 20.0. The van der Waals surface area contributed by atoms with E-state index in [-0.39, 0.29) is 30.3 Å². The highest BCUT2D eigenvalue weighted by molar-refractivity contribution is 5.85. The molecule has 4 bridgehead atoms. The van der Waals surface area contributed by atoms with Crippen molar-refractivity contribution in [2.75, 3.05) is 27.7 Å². The molecule has 0 radical (unpaired) electrons. The molecule has 1 amide bonds. The number of halogens is 1. The zero-order valence-electron chi connectivity index (χ0n) is 16.0. The van der Waals surface area contributed by atoms with Crippen molar-refractivity contribution in [3.05, 3.63) is 0 Å². The smallest absolute Gasteiger partial charge is 0.219 e. The Bertz CT molecular complexity index is 484. The number of nitrogens with one attached hydrogen (secondary N) is 1. The van der Waals surface area contributed by atoms with Crippen LogP contribution in [0.3, 0.4) is 0 Å². The number of carbonyl (C=O) groups is 1. The summed E-state index contributed by atoms with van der Waals surface area (Å²) in [5.41, 5.74) is 0.748. The molecular weight excluding hydrogens is 324 g/mol. The highest BCUT2D eigenvalue weighted by Crippen LogP contribution is 2.66. The third-order valence-corrected chi connectivity index (χ3v) is 6.20. The summed E-state index contributed by atoms with van der Waals surface area (Å²) in [7, 11) is 6.01. The summed E-state index contributed by atoms with van der Waals surface area (Å²) in [6.45, 7) is 5.31. The van der Waals surface area contributed by atoms with Crippen molar-refractivity contribution in [3.8, 4) is 0 Å². The minimum atomic E-state index is -0.810. The Labute approximate surface area is 153 Å². The molecule has 0 spiro atoms. The summed E-state index contributed by atoms with van der Waals surface area (Å²) in [4.78, 5) is 12.5. The van der Waals surface area contributed by atoms with Crippen LogP contribution in [0.5, 0.6) is 0 Å². The molecule has 0 aromatic rings. The molecule has 24 heavy (non-hydrogen) atoms. The van der Waals surface area contributed by atoms with Crippen molar-refractivity contribution < 1.29 is 14.4 Å². The van der Waals surface area contributed by atoms with Crippen LogP contribution in [-0.4, -0.2) is 49.7 Å². The molecule has 3 atom stereocenters. The number of nitrogens with zero attached hydrogens (tertiary/aromatic N) is 1. The van der Waals surface area contributed by atoms with Crippen LogP contribution in [-0.2, 0) is 4.79 Å². The third-order valence-electron chi connectivity index (χ3n) is 6.20. The summed E-state index contributed by atoms with van der Waals surface area (Å²) in [6, 6.07) is 0. The van der Waals surface area contributed by atoms with Gasteiger partial charge in [0.1, 0.15) is 0 Å². The molecule has 4 saturated carbocycles. The van der Waals surface area contributed by atoms with Crippen molar-refractivity contribution in [3.63, 3.8) is 0 Å². The minimum Gasteiger partial charge on any atom is -0.848 e. The second-order valence-corrected chi connectivity index (χ2v) is 10.8. The Hall–Kier alpha value is -0.320.